The summed E-state index contributed by atoms with van der Waals surface area (Å²) in [6.07, 6.45) is 2.47. The largest absolute Gasteiger partial charge is 0.476 e. The van der Waals surface area contributed by atoms with E-state index in [0.717, 1.165) is 30.5 Å². The second kappa shape index (κ2) is 6.51. The number of hydrogen-bond donors (Lipinski definition) is 0. The molecule has 0 saturated heterocycles. The molecule has 0 atom stereocenters. The van der Waals surface area contributed by atoms with Gasteiger partial charge < -0.3 is 4.74 Å². The average Bonchev–Trinajstić information content (AvgIpc) is 2.36. The number of rotatable bonds is 5. The van der Waals surface area contributed by atoms with E-state index in [1.165, 1.54) is 0 Å². The monoisotopic (exact) mass is 261 g/mol. The molecule has 104 valence electrons. The van der Waals surface area contributed by atoms with Crippen molar-refractivity contribution in [1.82, 2.24) is 10.2 Å². The molecule has 1 heterocycles. The molecule has 0 N–H and O–H groups in total. The van der Waals surface area contributed by atoms with Crippen molar-refractivity contribution >= 4 is 0 Å². The molecule has 1 aromatic rings. The van der Waals surface area contributed by atoms with Crippen molar-refractivity contribution in [3.8, 4) is 11.9 Å². The van der Waals surface area contributed by atoms with Crippen molar-refractivity contribution in [1.29, 1.82) is 5.26 Å². The van der Waals surface area contributed by atoms with Crippen LogP contribution in [0.5, 0.6) is 5.88 Å². The molecule has 0 amide bonds. The molecular formula is C15H23N3O. The summed E-state index contributed by atoms with van der Waals surface area (Å²) in [5, 5.41) is 17.5. The molecule has 0 aliphatic rings. The zero-order valence-corrected chi connectivity index (χ0v) is 12.6. The highest BCUT2D eigenvalue weighted by Gasteiger charge is 2.16. The quantitative estimate of drug-likeness (QED) is 0.816. The first-order valence-electron chi connectivity index (χ1n) is 6.84. The fourth-order valence-corrected chi connectivity index (χ4v) is 1.82. The zero-order valence-electron chi connectivity index (χ0n) is 12.6. The third-order valence-corrected chi connectivity index (χ3v) is 3.02. The zero-order chi connectivity index (χ0) is 14.5. The predicted molar refractivity (Wildman–Crippen MR) is 75.1 cm³/mol. The van der Waals surface area contributed by atoms with Gasteiger partial charge in [-0.1, -0.05) is 34.6 Å². The van der Waals surface area contributed by atoms with Gasteiger partial charge in [-0.25, -0.2) is 0 Å². The maximum Gasteiger partial charge on any atom is 0.251 e. The maximum absolute atomic E-state index is 9.31. The molecule has 0 unspecified atom stereocenters. The molecule has 19 heavy (non-hydrogen) atoms. The summed E-state index contributed by atoms with van der Waals surface area (Å²) in [5.41, 5.74) is 2.60. The van der Waals surface area contributed by atoms with Crippen LogP contribution in [0.25, 0.3) is 0 Å². The van der Waals surface area contributed by atoms with Crippen molar-refractivity contribution in [3.63, 3.8) is 0 Å². The van der Waals surface area contributed by atoms with Gasteiger partial charge >= 0.3 is 0 Å². The van der Waals surface area contributed by atoms with Crippen LogP contribution in [0.3, 0.4) is 0 Å². The first-order valence-corrected chi connectivity index (χ1v) is 6.84. The van der Waals surface area contributed by atoms with Gasteiger partial charge in [0.15, 0.2) is 0 Å². The smallest absolute Gasteiger partial charge is 0.251 e. The molecule has 0 aromatic carbocycles. The summed E-state index contributed by atoms with van der Waals surface area (Å²) in [6, 6.07) is 2.21. The molecule has 4 heteroatoms. The van der Waals surface area contributed by atoms with E-state index >= 15 is 0 Å². The Morgan fingerprint density at radius 2 is 1.84 bits per heavy atom. The second-order valence-corrected chi connectivity index (χ2v) is 5.78. The highest BCUT2D eigenvalue weighted by molar-refractivity contribution is 5.46. The predicted octanol–water partition coefficient (Wildman–Crippen LogP) is 3.29. The van der Waals surface area contributed by atoms with Crippen LogP contribution in [0.2, 0.25) is 0 Å². The van der Waals surface area contributed by atoms with E-state index in [1.54, 1.807) is 0 Å². The van der Waals surface area contributed by atoms with Gasteiger partial charge in [-0.3, -0.25) is 0 Å². The topological polar surface area (TPSA) is 58.8 Å². The third kappa shape index (κ3) is 4.20. The summed E-state index contributed by atoms with van der Waals surface area (Å²) >= 11 is 0. The van der Waals surface area contributed by atoms with Crippen molar-refractivity contribution in [2.75, 3.05) is 6.61 Å². The Hall–Kier alpha value is -1.63. The van der Waals surface area contributed by atoms with Gasteiger partial charge in [0.2, 0.25) is 0 Å². The first kappa shape index (κ1) is 15.4. The molecule has 4 nitrogen and oxygen atoms in total. The van der Waals surface area contributed by atoms with Gasteiger partial charge in [0.05, 0.1) is 12.3 Å². The van der Waals surface area contributed by atoms with Gasteiger partial charge in [-0.2, -0.15) is 10.4 Å². The molecule has 0 aliphatic heterocycles. The maximum atomic E-state index is 9.31. The lowest BCUT2D eigenvalue weighted by Gasteiger charge is -2.18. The Morgan fingerprint density at radius 3 is 2.32 bits per heavy atom. The van der Waals surface area contributed by atoms with E-state index in [9.17, 15) is 5.26 Å². The number of hydrogen-bond acceptors (Lipinski definition) is 4. The van der Waals surface area contributed by atoms with Gasteiger partial charge in [0.1, 0.15) is 11.6 Å². The second-order valence-electron chi connectivity index (χ2n) is 5.78. The van der Waals surface area contributed by atoms with Crippen molar-refractivity contribution in [2.45, 2.75) is 53.9 Å². The van der Waals surface area contributed by atoms with Crippen LogP contribution in [0.1, 0.15) is 57.9 Å². The average molecular weight is 261 g/mol. The number of ether oxygens (including phenoxy) is 1. The fraction of sp³-hybridized carbons (Fsp3) is 0.667. The van der Waals surface area contributed by atoms with Crippen LogP contribution in [0, 0.1) is 16.7 Å². The van der Waals surface area contributed by atoms with E-state index in [0.29, 0.717) is 18.1 Å². The Morgan fingerprint density at radius 1 is 1.16 bits per heavy atom. The summed E-state index contributed by atoms with van der Waals surface area (Å²) in [4.78, 5) is 0. The molecule has 0 saturated carbocycles. The highest BCUT2D eigenvalue weighted by Crippen LogP contribution is 2.23. The lowest BCUT2D eigenvalue weighted by Crippen LogP contribution is -2.13. The Kier molecular flexibility index (Phi) is 5.29. The summed E-state index contributed by atoms with van der Waals surface area (Å²) < 4.78 is 5.65. The minimum Gasteiger partial charge on any atom is -0.476 e. The molecule has 0 bridgehead atoms. The number of nitrogens with zero attached hydrogens (tertiary/aromatic N) is 3. The summed E-state index contributed by atoms with van der Waals surface area (Å²) in [5.74, 6) is 0.376. The minimum atomic E-state index is 0.206. The van der Waals surface area contributed by atoms with Crippen LogP contribution in [-0.4, -0.2) is 16.8 Å². The van der Waals surface area contributed by atoms with E-state index in [-0.39, 0.29) is 5.41 Å². The van der Waals surface area contributed by atoms with Crippen molar-refractivity contribution in [3.05, 3.63) is 16.8 Å². The summed E-state index contributed by atoms with van der Waals surface area (Å²) in [7, 11) is 0. The third-order valence-electron chi connectivity index (χ3n) is 3.02. The summed E-state index contributed by atoms with van der Waals surface area (Å²) in [6.45, 7) is 11.1. The standard InChI is InChI=1S/C15H23N3O/c1-6-11-12(10-16)14(18-17-13(11)7-2)19-9-8-15(3,4)5/h6-9H2,1-5H3. The van der Waals surface area contributed by atoms with Crippen molar-refractivity contribution in [2.24, 2.45) is 5.41 Å². The van der Waals surface area contributed by atoms with E-state index in [4.69, 9.17) is 4.74 Å². The number of aromatic nitrogens is 2. The van der Waals surface area contributed by atoms with Gasteiger partial charge in [-0.15, -0.1) is 5.10 Å². The normalized spacial score (nSPS) is 11.2. The molecule has 1 aromatic heterocycles. The van der Waals surface area contributed by atoms with Gasteiger partial charge in [0, 0.05) is 0 Å². The molecule has 0 radical (unpaired) electrons. The lowest BCUT2D eigenvalue weighted by molar-refractivity contribution is 0.233. The molecule has 1 rings (SSSR count). The van der Waals surface area contributed by atoms with E-state index in [1.807, 2.05) is 13.8 Å². The van der Waals surface area contributed by atoms with E-state index in [2.05, 4.69) is 37.0 Å². The SMILES string of the molecule is CCc1nnc(OCCC(C)(C)C)c(C#N)c1CC. The Bertz CT molecular complexity index is 470. The van der Waals surface area contributed by atoms with Gasteiger partial charge in [0.25, 0.3) is 5.88 Å². The number of aryl methyl sites for hydroxylation is 1. The number of nitriles is 1. The van der Waals surface area contributed by atoms with Crippen LogP contribution >= 0.6 is 0 Å². The minimum absolute atomic E-state index is 0.206. The molecule has 0 fully saturated rings. The molecule has 0 aliphatic carbocycles. The Balaban J connectivity index is 2.93. The van der Waals surface area contributed by atoms with Crippen LogP contribution in [0.15, 0.2) is 0 Å². The van der Waals surface area contributed by atoms with Gasteiger partial charge in [-0.05, 0) is 30.2 Å². The molecular weight excluding hydrogens is 238 g/mol. The van der Waals surface area contributed by atoms with Crippen LogP contribution < -0.4 is 4.74 Å². The fourth-order valence-electron chi connectivity index (χ4n) is 1.82. The van der Waals surface area contributed by atoms with E-state index < -0.39 is 0 Å². The van der Waals surface area contributed by atoms with Crippen LogP contribution in [0.4, 0.5) is 0 Å². The van der Waals surface area contributed by atoms with Crippen molar-refractivity contribution < 1.29 is 4.74 Å². The Labute approximate surface area is 115 Å². The van der Waals surface area contributed by atoms with Crippen LogP contribution in [-0.2, 0) is 12.8 Å². The first-order chi connectivity index (χ1) is 8.92. The lowest BCUT2D eigenvalue weighted by atomic mass is 9.93. The molecule has 0 spiro atoms. The highest BCUT2D eigenvalue weighted by atomic mass is 16.5.